The number of likely N-dealkylation sites (tertiary alicyclic amines) is 1. The predicted molar refractivity (Wildman–Crippen MR) is 77.1 cm³/mol. The molecule has 0 radical (unpaired) electrons. The monoisotopic (exact) mass is 276 g/mol. The highest BCUT2D eigenvalue weighted by Crippen LogP contribution is 2.48. The fourth-order valence-corrected chi connectivity index (χ4v) is 3.24. The molecule has 4 heteroatoms. The Morgan fingerprint density at radius 2 is 2.05 bits per heavy atom. The van der Waals surface area contributed by atoms with Gasteiger partial charge in [-0.05, 0) is 30.4 Å². The molecule has 2 aliphatic rings. The largest absolute Gasteiger partial charge is 0.464 e. The lowest BCUT2D eigenvalue weighted by atomic mass is 10.1. The Hall–Kier alpha value is -1.29. The molecule has 0 bridgehead atoms. The average molecular weight is 276 g/mol. The second-order valence-corrected chi connectivity index (χ2v) is 6.81. The zero-order valence-corrected chi connectivity index (χ0v) is 12.5. The van der Waals surface area contributed by atoms with Gasteiger partial charge in [0.05, 0.1) is 0 Å². The van der Waals surface area contributed by atoms with Gasteiger partial charge in [0.2, 0.25) is 5.91 Å². The Kier molecular flexibility index (Phi) is 3.36. The van der Waals surface area contributed by atoms with E-state index >= 15 is 0 Å². The van der Waals surface area contributed by atoms with Crippen LogP contribution in [0.3, 0.4) is 0 Å². The zero-order valence-electron chi connectivity index (χ0n) is 12.5. The first-order valence-electron chi connectivity index (χ1n) is 7.62. The lowest BCUT2D eigenvalue weighted by Gasteiger charge is -2.26. The normalized spacial score (nSPS) is 33.2. The lowest BCUT2D eigenvalue weighted by Crippen LogP contribution is -2.35. The minimum atomic E-state index is -0.156. The van der Waals surface area contributed by atoms with Gasteiger partial charge in [0.25, 0.3) is 0 Å². The van der Waals surface area contributed by atoms with Crippen LogP contribution in [0, 0.1) is 11.8 Å². The van der Waals surface area contributed by atoms with Crippen molar-refractivity contribution in [1.82, 2.24) is 4.90 Å². The molecular weight excluding hydrogens is 252 g/mol. The summed E-state index contributed by atoms with van der Waals surface area (Å²) in [6, 6.07) is 3.83. The minimum Gasteiger partial charge on any atom is -0.464 e. The van der Waals surface area contributed by atoms with E-state index in [0.717, 1.165) is 24.0 Å². The molecular formula is C16H24N2O2. The van der Waals surface area contributed by atoms with Crippen molar-refractivity contribution in [3.05, 3.63) is 23.7 Å². The van der Waals surface area contributed by atoms with Crippen LogP contribution in [0.4, 0.5) is 0 Å². The maximum absolute atomic E-state index is 12.1. The van der Waals surface area contributed by atoms with Gasteiger partial charge in [-0.15, -0.1) is 0 Å². The number of hydrogen-bond acceptors (Lipinski definition) is 3. The third-order valence-corrected chi connectivity index (χ3v) is 4.45. The van der Waals surface area contributed by atoms with Crippen LogP contribution in [0.2, 0.25) is 0 Å². The summed E-state index contributed by atoms with van der Waals surface area (Å²) in [6.45, 7) is 7.22. The summed E-state index contributed by atoms with van der Waals surface area (Å²) in [5.41, 5.74) is 6.17. The number of rotatable bonds is 4. The SMILES string of the molecule is CC(C)CN1C(=O)CC(N)C1c1ccc(C2CC2C)o1. The van der Waals surface area contributed by atoms with Crippen LogP contribution >= 0.6 is 0 Å². The third-order valence-electron chi connectivity index (χ3n) is 4.45. The molecule has 1 amide bonds. The Morgan fingerprint density at radius 3 is 2.65 bits per heavy atom. The van der Waals surface area contributed by atoms with Crippen LogP contribution in [0.15, 0.2) is 16.5 Å². The molecule has 1 aromatic rings. The summed E-state index contributed by atoms with van der Waals surface area (Å²) in [5, 5.41) is 0. The van der Waals surface area contributed by atoms with Crippen molar-refractivity contribution in [3.8, 4) is 0 Å². The van der Waals surface area contributed by atoms with E-state index in [1.807, 2.05) is 11.0 Å². The van der Waals surface area contributed by atoms with E-state index in [-0.39, 0.29) is 18.0 Å². The van der Waals surface area contributed by atoms with E-state index in [1.54, 1.807) is 0 Å². The second-order valence-electron chi connectivity index (χ2n) is 6.81. The summed E-state index contributed by atoms with van der Waals surface area (Å²) in [6.07, 6.45) is 1.63. The first kappa shape index (κ1) is 13.7. The molecule has 1 saturated heterocycles. The molecule has 20 heavy (non-hydrogen) atoms. The summed E-state index contributed by atoms with van der Waals surface area (Å²) in [7, 11) is 0. The predicted octanol–water partition coefficient (Wildman–Crippen LogP) is 2.66. The molecule has 1 aliphatic carbocycles. The zero-order chi connectivity index (χ0) is 14.4. The smallest absolute Gasteiger partial charge is 0.224 e. The molecule has 4 unspecified atom stereocenters. The van der Waals surface area contributed by atoms with Crippen LogP contribution in [-0.2, 0) is 4.79 Å². The van der Waals surface area contributed by atoms with Gasteiger partial charge in [0, 0.05) is 24.9 Å². The second kappa shape index (κ2) is 4.92. The average Bonchev–Trinajstić information content (AvgIpc) is 2.80. The molecule has 2 heterocycles. The number of carbonyl (C=O) groups excluding carboxylic acids is 1. The number of hydrogen-bond donors (Lipinski definition) is 1. The molecule has 4 nitrogen and oxygen atoms in total. The first-order valence-corrected chi connectivity index (χ1v) is 7.62. The number of furan rings is 1. The van der Waals surface area contributed by atoms with E-state index in [2.05, 4.69) is 26.8 Å². The van der Waals surface area contributed by atoms with Crippen LogP contribution in [-0.4, -0.2) is 23.4 Å². The third kappa shape index (κ3) is 2.37. The topological polar surface area (TPSA) is 59.5 Å². The molecule has 0 spiro atoms. The number of amides is 1. The van der Waals surface area contributed by atoms with Gasteiger partial charge < -0.3 is 15.1 Å². The highest BCUT2D eigenvalue weighted by atomic mass is 16.3. The minimum absolute atomic E-state index is 0.0901. The highest BCUT2D eigenvalue weighted by Gasteiger charge is 2.42. The van der Waals surface area contributed by atoms with Crippen molar-refractivity contribution in [2.75, 3.05) is 6.54 Å². The van der Waals surface area contributed by atoms with Crippen molar-refractivity contribution in [3.63, 3.8) is 0 Å². The number of nitrogens with zero attached hydrogens (tertiary/aromatic N) is 1. The Labute approximate surface area is 120 Å². The van der Waals surface area contributed by atoms with Gasteiger partial charge in [-0.3, -0.25) is 4.79 Å². The molecule has 0 aromatic carbocycles. The van der Waals surface area contributed by atoms with E-state index in [9.17, 15) is 4.79 Å². The van der Waals surface area contributed by atoms with Crippen molar-refractivity contribution in [2.45, 2.75) is 51.6 Å². The summed E-state index contributed by atoms with van der Waals surface area (Å²) < 4.78 is 6.02. The Bertz CT molecular complexity index is 508. The van der Waals surface area contributed by atoms with Crippen molar-refractivity contribution >= 4 is 5.91 Å². The van der Waals surface area contributed by atoms with Gasteiger partial charge >= 0.3 is 0 Å². The van der Waals surface area contributed by atoms with Crippen molar-refractivity contribution in [1.29, 1.82) is 0 Å². The molecule has 1 saturated carbocycles. The van der Waals surface area contributed by atoms with Crippen LogP contribution in [0.5, 0.6) is 0 Å². The standard InChI is InChI=1S/C16H24N2O2/c1-9(2)8-18-15(19)7-12(17)16(18)14-5-4-13(20-14)11-6-10(11)3/h4-5,9-12,16H,6-8,17H2,1-3H3. The molecule has 1 aliphatic heterocycles. The highest BCUT2D eigenvalue weighted by molar-refractivity contribution is 5.80. The van der Waals surface area contributed by atoms with Gasteiger partial charge in [-0.2, -0.15) is 0 Å². The fraction of sp³-hybridized carbons (Fsp3) is 0.688. The van der Waals surface area contributed by atoms with E-state index in [0.29, 0.717) is 18.3 Å². The first-order chi connectivity index (χ1) is 9.47. The van der Waals surface area contributed by atoms with Gasteiger partial charge in [-0.1, -0.05) is 20.8 Å². The van der Waals surface area contributed by atoms with Gasteiger partial charge in [0.1, 0.15) is 17.6 Å². The summed E-state index contributed by atoms with van der Waals surface area (Å²) in [4.78, 5) is 14.0. The van der Waals surface area contributed by atoms with Crippen molar-refractivity contribution in [2.24, 2.45) is 17.6 Å². The van der Waals surface area contributed by atoms with Crippen LogP contribution in [0.1, 0.15) is 57.1 Å². The summed E-state index contributed by atoms with van der Waals surface area (Å²) >= 11 is 0. The van der Waals surface area contributed by atoms with E-state index in [1.165, 1.54) is 6.42 Å². The quantitative estimate of drug-likeness (QED) is 0.919. The van der Waals surface area contributed by atoms with E-state index < -0.39 is 0 Å². The lowest BCUT2D eigenvalue weighted by molar-refractivity contribution is -0.129. The molecule has 110 valence electrons. The number of nitrogens with two attached hydrogens (primary N) is 1. The molecule has 2 fully saturated rings. The van der Waals surface area contributed by atoms with Crippen LogP contribution < -0.4 is 5.73 Å². The fourth-order valence-electron chi connectivity index (χ4n) is 3.24. The Morgan fingerprint density at radius 1 is 1.40 bits per heavy atom. The molecule has 2 N–H and O–H groups in total. The maximum atomic E-state index is 12.1. The Balaban J connectivity index is 1.82. The van der Waals surface area contributed by atoms with Crippen molar-refractivity contribution < 1.29 is 9.21 Å². The van der Waals surface area contributed by atoms with Gasteiger partial charge in [-0.25, -0.2) is 0 Å². The molecule has 3 rings (SSSR count). The molecule has 4 atom stereocenters. The maximum Gasteiger partial charge on any atom is 0.224 e. The number of carbonyl (C=O) groups is 1. The summed E-state index contributed by atoms with van der Waals surface area (Å²) in [5.74, 6) is 3.79. The van der Waals surface area contributed by atoms with E-state index in [4.69, 9.17) is 10.2 Å². The van der Waals surface area contributed by atoms with Gasteiger partial charge in [0.15, 0.2) is 0 Å². The molecule has 1 aromatic heterocycles. The van der Waals surface area contributed by atoms with Crippen LogP contribution in [0.25, 0.3) is 0 Å².